The topological polar surface area (TPSA) is 76.7 Å². The molecule has 1 unspecified atom stereocenters. The molecular formula is C26H36N2O4. The molecule has 0 spiro atoms. The van der Waals surface area contributed by atoms with Crippen molar-refractivity contribution in [2.45, 2.75) is 59.5 Å². The van der Waals surface area contributed by atoms with Crippen LogP contribution >= 0.6 is 0 Å². The van der Waals surface area contributed by atoms with Crippen LogP contribution in [0.25, 0.3) is 0 Å². The van der Waals surface area contributed by atoms with Gasteiger partial charge in [0.1, 0.15) is 0 Å². The summed E-state index contributed by atoms with van der Waals surface area (Å²) < 4.78 is 11.0. The van der Waals surface area contributed by atoms with E-state index in [4.69, 9.17) is 9.47 Å². The van der Waals surface area contributed by atoms with E-state index in [1.165, 1.54) is 12.7 Å². The lowest BCUT2D eigenvalue weighted by Gasteiger charge is -2.24. The number of carbonyl (C=O) groups excluding carboxylic acids is 2. The minimum absolute atomic E-state index is 0.0366. The summed E-state index contributed by atoms with van der Waals surface area (Å²) in [5.41, 5.74) is 2.80. The molecule has 0 aliphatic rings. The fourth-order valence-corrected chi connectivity index (χ4v) is 3.38. The van der Waals surface area contributed by atoms with E-state index in [2.05, 4.69) is 62.6 Å². The van der Waals surface area contributed by atoms with Crippen molar-refractivity contribution < 1.29 is 19.1 Å². The number of carbonyl (C=O) groups is 2. The molecule has 174 valence electrons. The minimum atomic E-state index is -0.216. The summed E-state index contributed by atoms with van der Waals surface area (Å²) in [6.07, 6.45) is 0. The van der Waals surface area contributed by atoms with Crippen LogP contribution in [0.15, 0.2) is 42.5 Å². The molecular weight excluding hydrogens is 404 g/mol. The van der Waals surface area contributed by atoms with Gasteiger partial charge in [-0.2, -0.15) is 0 Å². The molecule has 0 fully saturated rings. The molecule has 2 aromatic carbocycles. The third-order valence-corrected chi connectivity index (χ3v) is 5.15. The first kappa shape index (κ1) is 25.2. The Balaban J connectivity index is 2.14. The van der Waals surface area contributed by atoms with Gasteiger partial charge in [0.05, 0.1) is 13.2 Å². The first-order valence-corrected chi connectivity index (χ1v) is 11.1. The third-order valence-electron chi connectivity index (χ3n) is 5.15. The monoisotopic (exact) mass is 440 g/mol. The number of hydrogen-bond acceptors (Lipinski definition) is 4. The van der Waals surface area contributed by atoms with Crippen molar-refractivity contribution in [1.29, 1.82) is 0 Å². The van der Waals surface area contributed by atoms with Gasteiger partial charge in [-0.3, -0.25) is 9.59 Å². The lowest BCUT2D eigenvalue weighted by Crippen LogP contribution is -2.34. The van der Waals surface area contributed by atoms with E-state index in [-0.39, 0.29) is 36.4 Å². The van der Waals surface area contributed by atoms with Crippen molar-refractivity contribution in [3.63, 3.8) is 0 Å². The van der Waals surface area contributed by atoms with E-state index in [0.717, 1.165) is 5.56 Å². The van der Waals surface area contributed by atoms with Crippen molar-refractivity contribution in [3.8, 4) is 11.5 Å². The minimum Gasteiger partial charge on any atom is -0.493 e. The average Bonchev–Trinajstić information content (AvgIpc) is 2.75. The van der Waals surface area contributed by atoms with Gasteiger partial charge < -0.3 is 20.1 Å². The van der Waals surface area contributed by atoms with Gasteiger partial charge >= 0.3 is 0 Å². The zero-order valence-electron chi connectivity index (χ0n) is 20.2. The first-order chi connectivity index (χ1) is 15.1. The highest BCUT2D eigenvalue weighted by Gasteiger charge is 2.20. The summed E-state index contributed by atoms with van der Waals surface area (Å²) >= 11 is 0. The predicted molar refractivity (Wildman–Crippen MR) is 127 cm³/mol. The number of benzene rings is 2. The van der Waals surface area contributed by atoms with Crippen LogP contribution in [0.4, 0.5) is 0 Å². The van der Waals surface area contributed by atoms with Gasteiger partial charge in [-0.15, -0.1) is 0 Å². The van der Waals surface area contributed by atoms with Crippen LogP contribution in [0.3, 0.4) is 0 Å². The third kappa shape index (κ3) is 7.01. The van der Waals surface area contributed by atoms with Crippen LogP contribution in [0.1, 0.15) is 75.0 Å². The molecule has 0 bridgehead atoms. The summed E-state index contributed by atoms with van der Waals surface area (Å²) in [4.78, 5) is 24.8. The van der Waals surface area contributed by atoms with E-state index >= 15 is 0 Å². The zero-order chi connectivity index (χ0) is 23.8. The second-order valence-corrected chi connectivity index (χ2v) is 8.89. The molecule has 0 saturated heterocycles. The first-order valence-electron chi connectivity index (χ1n) is 11.1. The van der Waals surface area contributed by atoms with E-state index < -0.39 is 0 Å². The van der Waals surface area contributed by atoms with Crippen molar-refractivity contribution in [2.24, 2.45) is 5.92 Å². The summed E-state index contributed by atoms with van der Waals surface area (Å²) in [7, 11) is 1.51. The van der Waals surface area contributed by atoms with E-state index in [0.29, 0.717) is 23.0 Å². The molecule has 32 heavy (non-hydrogen) atoms. The molecule has 6 heteroatoms. The number of rotatable bonds is 10. The highest BCUT2D eigenvalue weighted by atomic mass is 16.5. The van der Waals surface area contributed by atoms with Crippen LogP contribution in [-0.2, 0) is 4.79 Å². The summed E-state index contributed by atoms with van der Waals surface area (Å²) in [5.74, 6) is 1.07. The molecule has 0 heterocycles. The van der Waals surface area contributed by atoms with Gasteiger partial charge in [0.2, 0.25) is 0 Å². The Labute approximate surface area is 191 Å². The summed E-state index contributed by atoms with van der Waals surface area (Å²) in [5, 5.41) is 5.91. The Kier molecular flexibility index (Phi) is 9.12. The number of nitrogens with one attached hydrogen (secondary N) is 2. The Morgan fingerprint density at radius 2 is 1.47 bits per heavy atom. The normalized spacial score (nSPS) is 12.1. The van der Waals surface area contributed by atoms with Crippen LogP contribution < -0.4 is 20.1 Å². The average molecular weight is 441 g/mol. The Morgan fingerprint density at radius 1 is 0.844 bits per heavy atom. The molecule has 6 nitrogen and oxygen atoms in total. The maximum Gasteiger partial charge on any atom is 0.258 e. The molecule has 0 aliphatic carbocycles. The van der Waals surface area contributed by atoms with E-state index in [9.17, 15) is 9.59 Å². The molecule has 2 N–H and O–H groups in total. The fraction of sp³-hybridized carbons (Fsp3) is 0.462. The maximum absolute atomic E-state index is 13.0. The van der Waals surface area contributed by atoms with Crippen LogP contribution in [0.5, 0.6) is 11.5 Å². The standard InChI is InChI=1S/C26H36N2O4/c1-16(2)19-8-10-20(11-9-19)25(17(3)4)28-26(30)21-12-13-22(23(14-21)31-7)32-15-24(29)27-18(5)6/h8-14,16-18,25H,15H2,1-7H3,(H,27,29)(H,28,30). The molecule has 1 atom stereocenters. The largest absolute Gasteiger partial charge is 0.493 e. The van der Waals surface area contributed by atoms with E-state index in [1.807, 2.05) is 13.8 Å². The predicted octanol–water partition coefficient (Wildman–Crippen LogP) is 4.85. The van der Waals surface area contributed by atoms with Crippen LogP contribution in [0, 0.1) is 5.92 Å². The Morgan fingerprint density at radius 3 is 2.00 bits per heavy atom. The molecule has 2 amide bonds. The van der Waals surface area contributed by atoms with Gasteiger partial charge in [0.15, 0.2) is 18.1 Å². The fourth-order valence-electron chi connectivity index (χ4n) is 3.38. The molecule has 0 aromatic heterocycles. The number of ether oxygens (including phenoxy) is 2. The highest BCUT2D eigenvalue weighted by molar-refractivity contribution is 5.95. The molecule has 0 radical (unpaired) electrons. The number of amides is 2. The zero-order valence-corrected chi connectivity index (χ0v) is 20.2. The van der Waals surface area contributed by atoms with Gasteiger partial charge in [-0.1, -0.05) is 52.0 Å². The summed E-state index contributed by atoms with van der Waals surface area (Å²) in [6, 6.07) is 13.3. The number of hydrogen-bond donors (Lipinski definition) is 2. The lowest BCUT2D eigenvalue weighted by atomic mass is 9.93. The highest BCUT2D eigenvalue weighted by Crippen LogP contribution is 2.29. The molecule has 0 saturated carbocycles. The Bertz CT molecular complexity index is 905. The van der Waals surface area contributed by atoms with E-state index in [1.54, 1.807) is 18.2 Å². The van der Waals surface area contributed by atoms with Crippen LogP contribution in [0.2, 0.25) is 0 Å². The molecule has 2 rings (SSSR count). The second kappa shape index (κ2) is 11.6. The lowest BCUT2D eigenvalue weighted by molar-refractivity contribution is -0.123. The number of methoxy groups -OCH3 is 1. The Hall–Kier alpha value is -3.02. The molecule has 2 aromatic rings. The van der Waals surface area contributed by atoms with Gasteiger partial charge in [0.25, 0.3) is 11.8 Å². The SMILES string of the molecule is COc1cc(C(=O)NC(c2ccc(C(C)C)cc2)C(C)C)ccc1OCC(=O)NC(C)C. The van der Waals surface area contributed by atoms with Crippen molar-refractivity contribution in [2.75, 3.05) is 13.7 Å². The van der Waals surface area contributed by atoms with Crippen LogP contribution in [-0.4, -0.2) is 31.6 Å². The van der Waals surface area contributed by atoms with Gasteiger partial charge in [-0.05, 0) is 55.0 Å². The smallest absolute Gasteiger partial charge is 0.258 e. The maximum atomic E-state index is 13.0. The van der Waals surface area contributed by atoms with Gasteiger partial charge in [-0.25, -0.2) is 0 Å². The quantitative estimate of drug-likeness (QED) is 0.554. The van der Waals surface area contributed by atoms with Crippen molar-refractivity contribution in [1.82, 2.24) is 10.6 Å². The van der Waals surface area contributed by atoms with Crippen molar-refractivity contribution in [3.05, 3.63) is 59.2 Å². The van der Waals surface area contributed by atoms with Crippen molar-refractivity contribution >= 4 is 11.8 Å². The molecule has 0 aliphatic heterocycles. The second-order valence-electron chi connectivity index (χ2n) is 8.89. The summed E-state index contributed by atoms with van der Waals surface area (Å²) in [6.45, 7) is 12.1. The van der Waals surface area contributed by atoms with Gasteiger partial charge in [0, 0.05) is 11.6 Å².